The largest absolute Gasteiger partial charge is 0.0829 e. The lowest BCUT2D eigenvalue weighted by Crippen LogP contribution is -2.22. The van der Waals surface area contributed by atoms with Crippen LogP contribution in [0.25, 0.3) is 0 Å². The molecule has 0 saturated heterocycles. The Morgan fingerprint density at radius 1 is 0.882 bits per heavy atom. The number of halogens is 2. The molecule has 0 nitrogen and oxygen atoms in total. The van der Waals surface area contributed by atoms with Gasteiger partial charge in [-0.25, -0.2) is 0 Å². The summed E-state index contributed by atoms with van der Waals surface area (Å²) in [5, 5.41) is 0. The Labute approximate surface area is 118 Å². The van der Waals surface area contributed by atoms with Gasteiger partial charge in [0, 0.05) is 10.7 Å². The second-order valence-electron chi connectivity index (χ2n) is 4.35. The molecule has 0 fully saturated rings. The fraction of sp³-hybridized carbons (Fsp3) is 0.200. The van der Waals surface area contributed by atoms with E-state index in [0.717, 1.165) is 0 Å². The molecule has 86 valence electrons. The van der Waals surface area contributed by atoms with Crippen LogP contribution in [0.5, 0.6) is 0 Å². The van der Waals surface area contributed by atoms with Gasteiger partial charge in [0.05, 0.1) is 4.83 Å². The lowest BCUT2D eigenvalue weighted by Gasteiger charge is -2.27. The van der Waals surface area contributed by atoms with Crippen LogP contribution in [-0.2, 0) is 0 Å². The highest BCUT2D eigenvalue weighted by Crippen LogP contribution is 2.40. The molecule has 0 aromatic heterocycles. The smallest absolute Gasteiger partial charge is 0.0564 e. The second-order valence-corrected chi connectivity index (χ2v) is 6.39. The van der Waals surface area contributed by atoms with Crippen LogP contribution in [0, 0.1) is 5.92 Å². The first-order valence-electron chi connectivity index (χ1n) is 5.71. The van der Waals surface area contributed by atoms with E-state index in [1.54, 1.807) is 0 Å². The zero-order valence-corrected chi connectivity index (χ0v) is 12.4. The number of alkyl halides is 2. The van der Waals surface area contributed by atoms with Gasteiger partial charge >= 0.3 is 0 Å². The quantitative estimate of drug-likeness (QED) is 0.559. The van der Waals surface area contributed by atoms with Crippen molar-refractivity contribution in [1.82, 2.24) is 0 Å². The van der Waals surface area contributed by atoms with E-state index >= 15 is 0 Å². The Morgan fingerprint density at radius 3 is 2.59 bits per heavy atom. The molecule has 0 amide bonds. The monoisotopic (exact) mass is 350 g/mol. The van der Waals surface area contributed by atoms with Crippen LogP contribution in [0.2, 0.25) is 0 Å². The summed E-state index contributed by atoms with van der Waals surface area (Å²) in [6.45, 7) is 0. The van der Waals surface area contributed by atoms with Crippen molar-refractivity contribution in [2.45, 2.75) is 9.65 Å². The zero-order chi connectivity index (χ0) is 11.8. The summed E-state index contributed by atoms with van der Waals surface area (Å²) in [5.41, 5.74) is 4.13. The summed E-state index contributed by atoms with van der Waals surface area (Å²) in [5.74, 6) is 0.412. The SMILES string of the molecule is BrC1C=CC2=CC=CC3C=CC=CC3=C2C1Br. The van der Waals surface area contributed by atoms with Crippen molar-refractivity contribution in [3.8, 4) is 0 Å². The maximum atomic E-state index is 3.81. The topological polar surface area (TPSA) is 0 Å². The molecule has 0 radical (unpaired) electrons. The Kier molecular flexibility index (Phi) is 3.10. The summed E-state index contributed by atoms with van der Waals surface area (Å²) < 4.78 is 0. The molecule has 0 aromatic carbocycles. The summed E-state index contributed by atoms with van der Waals surface area (Å²) in [7, 11) is 0. The van der Waals surface area contributed by atoms with Crippen molar-refractivity contribution in [1.29, 1.82) is 0 Å². The van der Waals surface area contributed by atoms with Crippen LogP contribution >= 0.6 is 31.9 Å². The predicted octanol–water partition coefficient (Wildman–Crippen LogP) is 4.62. The van der Waals surface area contributed by atoms with E-state index in [0.29, 0.717) is 15.6 Å². The van der Waals surface area contributed by atoms with E-state index in [9.17, 15) is 0 Å². The molecule has 0 saturated carbocycles. The molecule has 17 heavy (non-hydrogen) atoms. The number of fused-ring (bicyclic) bond motifs is 2. The summed E-state index contributed by atoms with van der Waals surface area (Å²) >= 11 is 7.51. The second kappa shape index (κ2) is 4.58. The van der Waals surface area contributed by atoms with Gasteiger partial charge in [-0.15, -0.1) is 0 Å². The Hall–Kier alpha value is -0.600. The van der Waals surface area contributed by atoms with E-state index in [1.165, 1.54) is 16.7 Å². The molecule has 0 spiro atoms. The minimum Gasteiger partial charge on any atom is -0.0829 e. The van der Waals surface area contributed by atoms with Crippen molar-refractivity contribution >= 4 is 31.9 Å². The molecule has 0 bridgehead atoms. The third-order valence-corrected chi connectivity index (χ3v) is 5.87. The van der Waals surface area contributed by atoms with Gasteiger partial charge in [-0.2, -0.15) is 0 Å². The average molecular weight is 352 g/mol. The lowest BCUT2D eigenvalue weighted by atomic mass is 9.84. The Balaban J connectivity index is 2.20. The van der Waals surface area contributed by atoms with E-state index in [2.05, 4.69) is 86.5 Å². The van der Waals surface area contributed by atoms with Crippen LogP contribution in [0.4, 0.5) is 0 Å². The third kappa shape index (κ3) is 1.98. The number of rotatable bonds is 0. The standard InChI is InChI=1S/C15H12Br2/c16-13-9-8-11-6-3-5-10-4-1-2-7-12(10)14(11)15(13)17/h1-10,13,15H. The minimum atomic E-state index is 0.340. The lowest BCUT2D eigenvalue weighted by molar-refractivity contribution is 0.933. The number of hydrogen-bond donors (Lipinski definition) is 0. The predicted molar refractivity (Wildman–Crippen MR) is 80.6 cm³/mol. The molecule has 0 aliphatic heterocycles. The maximum absolute atomic E-state index is 3.81. The van der Waals surface area contributed by atoms with Crippen LogP contribution in [0.15, 0.2) is 71.4 Å². The van der Waals surface area contributed by atoms with Crippen LogP contribution in [0.3, 0.4) is 0 Å². The first kappa shape index (κ1) is 11.5. The van der Waals surface area contributed by atoms with Crippen LogP contribution in [-0.4, -0.2) is 9.65 Å². The molecule has 3 unspecified atom stereocenters. The van der Waals surface area contributed by atoms with Crippen LogP contribution in [0.1, 0.15) is 0 Å². The minimum absolute atomic E-state index is 0.340. The van der Waals surface area contributed by atoms with Gasteiger partial charge in [-0.3, -0.25) is 0 Å². The van der Waals surface area contributed by atoms with Gasteiger partial charge < -0.3 is 0 Å². The van der Waals surface area contributed by atoms with E-state index in [4.69, 9.17) is 0 Å². The highest BCUT2D eigenvalue weighted by molar-refractivity contribution is 9.12. The molecule has 0 N–H and O–H groups in total. The van der Waals surface area contributed by atoms with Crippen molar-refractivity contribution in [3.05, 3.63) is 71.4 Å². The summed E-state index contributed by atoms with van der Waals surface area (Å²) in [6, 6.07) is 0. The van der Waals surface area contributed by atoms with E-state index in [-0.39, 0.29) is 0 Å². The molecule has 0 aromatic rings. The number of hydrogen-bond acceptors (Lipinski definition) is 0. The third-order valence-electron chi connectivity index (χ3n) is 3.30. The van der Waals surface area contributed by atoms with Crippen molar-refractivity contribution < 1.29 is 0 Å². The fourth-order valence-corrected chi connectivity index (χ4v) is 3.57. The normalized spacial score (nSPS) is 34.2. The molecule has 3 rings (SSSR count). The van der Waals surface area contributed by atoms with Gasteiger partial charge in [0.1, 0.15) is 0 Å². The average Bonchev–Trinajstić information content (AvgIpc) is 2.53. The molecular weight excluding hydrogens is 340 g/mol. The van der Waals surface area contributed by atoms with Crippen molar-refractivity contribution in [3.63, 3.8) is 0 Å². The van der Waals surface area contributed by atoms with Crippen molar-refractivity contribution in [2.24, 2.45) is 5.92 Å². The fourth-order valence-electron chi connectivity index (χ4n) is 2.45. The molecule has 3 aliphatic carbocycles. The zero-order valence-electron chi connectivity index (χ0n) is 9.18. The maximum Gasteiger partial charge on any atom is 0.0564 e. The van der Waals surface area contributed by atoms with Gasteiger partial charge in [0.15, 0.2) is 0 Å². The first-order chi connectivity index (χ1) is 8.27. The van der Waals surface area contributed by atoms with Gasteiger partial charge in [0.2, 0.25) is 0 Å². The van der Waals surface area contributed by atoms with Gasteiger partial charge in [0.25, 0.3) is 0 Å². The van der Waals surface area contributed by atoms with Gasteiger partial charge in [-0.05, 0) is 16.7 Å². The molecule has 3 atom stereocenters. The van der Waals surface area contributed by atoms with Crippen molar-refractivity contribution in [2.75, 3.05) is 0 Å². The highest BCUT2D eigenvalue weighted by atomic mass is 79.9. The van der Waals surface area contributed by atoms with E-state index in [1.807, 2.05) is 0 Å². The van der Waals surface area contributed by atoms with Gasteiger partial charge in [-0.1, -0.05) is 86.5 Å². The van der Waals surface area contributed by atoms with Crippen LogP contribution < -0.4 is 0 Å². The molecule has 3 aliphatic rings. The van der Waals surface area contributed by atoms with E-state index < -0.39 is 0 Å². The molecular formula is C15H12Br2. The highest BCUT2D eigenvalue weighted by Gasteiger charge is 2.28. The Morgan fingerprint density at radius 2 is 1.71 bits per heavy atom. The Bertz CT molecular complexity index is 515. The summed E-state index contributed by atoms with van der Waals surface area (Å²) in [4.78, 5) is 0.701. The summed E-state index contributed by atoms with van der Waals surface area (Å²) in [6.07, 6.45) is 19.7. The first-order valence-corrected chi connectivity index (χ1v) is 7.54. The number of allylic oxidation sites excluding steroid dienone is 12. The molecule has 2 heteroatoms. The molecule has 0 heterocycles.